The molecule has 3 aromatic rings. The first-order valence-corrected chi connectivity index (χ1v) is 6.89. The summed E-state index contributed by atoms with van der Waals surface area (Å²) in [6.45, 7) is 2.05. The number of tetrazole rings is 1. The molecule has 0 aliphatic heterocycles. The molecule has 1 aromatic carbocycles. The number of amides is 1. The molecule has 0 spiro atoms. The van der Waals surface area contributed by atoms with Crippen molar-refractivity contribution in [3.8, 4) is 11.4 Å². The van der Waals surface area contributed by atoms with Gasteiger partial charge in [-0.2, -0.15) is 4.80 Å². The highest BCUT2D eigenvalue weighted by Gasteiger charge is 2.18. The van der Waals surface area contributed by atoms with Gasteiger partial charge in [0.15, 0.2) is 0 Å². The van der Waals surface area contributed by atoms with Crippen LogP contribution in [0.5, 0.6) is 0 Å². The van der Waals surface area contributed by atoms with E-state index in [-0.39, 0.29) is 5.91 Å². The van der Waals surface area contributed by atoms with Gasteiger partial charge in [0.2, 0.25) is 11.7 Å². The van der Waals surface area contributed by atoms with Crippen LogP contribution in [0, 0.1) is 0 Å². The standard InChI is InChI=1S/C15H15N5O2/c1-11(15(21)16-10-13-8-5-9-22-13)20-18-14(17-19-20)12-6-3-2-4-7-12/h2-9,11H,10H2,1H3,(H,16,21). The Morgan fingerprint density at radius 2 is 2.09 bits per heavy atom. The molecule has 0 aliphatic carbocycles. The molecule has 2 heterocycles. The van der Waals surface area contributed by atoms with E-state index in [0.29, 0.717) is 18.1 Å². The van der Waals surface area contributed by atoms with Gasteiger partial charge >= 0.3 is 0 Å². The lowest BCUT2D eigenvalue weighted by molar-refractivity contribution is -0.124. The van der Waals surface area contributed by atoms with E-state index in [9.17, 15) is 4.79 Å². The molecule has 1 N–H and O–H groups in total. The lowest BCUT2D eigenvalue weighted by Gasteiger charge is -2.09. The molecule has 7 heteroatoms. The van der Waals surface area contributed by atoms with Gasteiger partial charge < -0.3 is 9.73 Å². The highest BCUT2D eigenvalue weighted by atomic mass is 16.3. The van der Waals surface area contributed by atoms with E-state index >= 15 is 0 Å². The third-order valence-corrected chi connectivity index (χ3v) is 3.20. The lowest BCUT2D eigenvalue weighted by Crippen LogP contribution is -2.31. The minimum atomic E-state index is -0.556. The second-order valence-electron chi connectivity index (χ2n) is 4.77. The summed E-state index contributed by atoms with van der Waals surface area (Å²) >= 11 is 0. The molecule has 112 valence electrons. The zero-order chi connectivity index (χ0) is 15.4. The summed E-state index contributed by atoms with van der Waals surface area (Å²) < 4.78 is 5.17. The quantitative estimate of drug-likeness (QED) is 0.776. The van der Waals surface area contributed by atoms with Crippen molar-refractivity contribution in [3.05, 3.63) is 54.5 Å². The number of carbonyl (C=O) groups is 1. The summed E-state index contributed by atoms with van der Waals surface area (Å²) in [5, 5.41) is 15.0. The second kappa shape index (κ2) is 6.21. The molecule has 0 aliphatic rings. The van der Waals surface area contributed by atoms with Gasteiger partial charge in [-0.3, -0.25) is 4.79 Å². The monoisotopic (exact) mass is 297 g/mol. The third-order valence-electron chi connectivity index (χ3n) is 3.20. The fourth-order valence-corrected chi connectivity index (χ4v) is 1.93. The molecule has 2 aromatic heterocycles. The Hall–Kier alpha value is -2.96. The summed E-state index contributed by atoms with van der Waals surface area (Å²) in [6.07, 6.45) is 1.57. The molecule has 1 unspecified atom stereocenters. The van der Waals surface area contributed by atoms with Crippen molar-refractivity contribution in [2.75, 3.05) is 0 Å². The number of hydrogen-bond donors (Lipinski definition) is 1. The maximum atomic E-state index is 12.1. The Bertz CT molecular complexity index is 736. The molecule has 1 amide bonds. The molecule has 0 fully saturated rings. The molecular weight excluding hydrogens is 282 g/mol. The number of aromatic nitrogens is 4. The Morgan fingerprint density at radius 3 is 2.82 bits per heavy atom. The van der Waals surface area contributed by atoms with Crippen LogP contribution in [0.3, 0.4) is 0 Å². The second-order valence-corrected chi connectivity index (χ2v) is 4.77. The van der Waals surface area contributed by atoms with E-state index in [2.05, 4.69) is 20.7 Å². The molecule has 0 saturated carbocycles. The van der Waals surface area contributed by atoms with E-state index in [1.54, 1.807) is 25.3 Å². The summed E-state index contributed by atoms with van der Waals surface area (Å²) in [4.78, 5) is 13.4. The molecule has 22 heavy (non-hydrogen) atoms. The van der Waals surface area contributed by atoms with Gasteiger partial charge in [0.05, 0.1) is 12.8 Å². The van der Waals surface area contributed by atoms with Crippen LogP contribution in [0.4, 0.5) is 0 Å². The smallest absolute Gasteiger partial charge is 0.246 e. The minimum absolute atomic E-state index is 0.201. The van der Waals surface area contributed by atoms with E-state index in [0.717, 1.165) is 5.56 Å². The Labute approximate surface area is 126 Å². The van der Waals surface area contributed by atoms with Crippen molar-refractivity contribution in [1.29, 1.82) is 0 Å². The third kappa shape index (κ3) is 3.03. The van der Waals surface area contributed by atoms with Crippen LogP contribution in [0.1, 0.15) is 18.7 Å². The minimum Gasteiger partial charge on any atom is -0.467 e. The van der Waals surface area contributed by atoms with E-state index in [4.69, 9.17) is 4.42 Å². The van der Waals surface area contributed by atoms with E-state index in [1.807, 2.05) is 30.3 Å². The van der Waals surface area contributed by atoms with Crippen molar-refractivity contribution in [2.45, 2.75) is 19.5 Å². The number of nitrogens with one attached hydrogen (secondary N) is 1. The van der Waals surface area contributed by atoms with Crippen LogP contribution in [-0.2, 0) is 11.3 Å². The average Bonchev–Trinajstić information content (AvgIpc) is 3.24. The lowest BCUT2D eigenvalue weighted by atomic mass is 10.2. The number of furan rings is 1. The number of benzene rings is 1. The first-order chi connectivity index (χ1) is 10.7. The first-order valence-electron chi connectivity index (χ1n) is 6.89. The highest BCUT2D eigenvalue weighted by molar-refractivity contribution is 5.79. The van der Waals surface area contributed by atoms with E-state index < -0.39 is 6.04 Å². The SMILES string of the molecule is CC(C(=O)NCc1ccco1)n1nnc(-c2ccccc2)n1. The normalized spacial score (nSPS) is 12.0. The Kier molecular flexibility index (Phi) is 3.95. The van der Waals surface area contributed by atoms with Gasteiger partial charge in [0, 0.05) is 5.56 Å². The summed E-state index contributed by atoms with van der Waals surface area (Å²) in [5.74, 6) is 0.983. The van der Waals surface area contributed by atoms with Crippen molar-refractivity contribution in [3.63, 3.8) is 0 Å². The fourth-order valence-electron chi connectivity index (χ4n) is 1.93. The van der Waals surface area contributed by atoms with E-state index in [1.165, 1.54) is 4.80 Å². The van der Waals surface area contributed by atoms with Gasteiger partial charge in [-0.1, -0.05) is 30.3 Å². The largest absolute Gasteiger partial charge is 0.467 e. The molecular formula is C15H15N5O2. The van der Waals surface area contributed by atoms with Crippen LogP contribution in [-0.4, -0.2) is 26.1 Å². The number of rotatable bonds is 5. The molecule has 3 rings (SSSR count). The maximum Gasteiger partial charge on any atom is 0.246 e. The predicted molar refractivity (Wildman–Crippen MR) is 78.5 cm³/mol. The number of nitrogens with zero attached hydrogens (tertiary/aromatic N) is 4. The van der Waals surface area contributed by atoms with Gasteiger partial charge in [0.25, 0.3) is 0 Å². The summed E-state index contributed by atoms with van der Waals surface area (Å²) in [5.41, 5.74) is 0.858. The van der Waals surface area contributed by atoms with Crippen molar-refractivity contribution in [1.82, 2.24) is 25.5 Å². The first kappa shape index (κ1) is 14.0. The number of hydrogen-bond acceptors (Lipinski definition) is 5. The van der Waals surface area contributed by atoms with Crippen LogP contribution in [0.25, 0.3) is 11.4 Å². The van der Waals surface area contributed by atoms with Crippen LogP contribution < -0.4 is 5.32 Å². The average molecular weight is 297 g/mol. The molecule has 0 bridgehead atoms. The van der Waals surface area contributed by atoms with Crippen molar-refractivity contribution >= 4 is 5.91 Å². The van der Waals surface area contributed by atoms with Gasteiger partial charge in [-0.25, -0.2) is 0 Å². The van der Waals surface area contributed by atoms with Gasteiger partial charge in [0.1, 0.15) is 11.8 Å². The topological polar surface area (TPSA) is 85.8 Å². The molecule has 0 radical (unpaired) electrons. The fraction of sp³-hybridized carbons (Fsp3) is 0.200. The zero-order valence-corrected chi connectivity index (χ0v) is 12.0. The molecule has 7 nitrogen and oxygen atoms in total. The summed E-state index contributed by atoms with van der Waals surface area (Å²) in [7, 11) is 0. The summed E-state index contributed by atoms with van der Waals surface area (Å²) in [6, 6.07) is 12.5. The molecule has 0 saturated heterocycles. The Balaban J connectivity index is 1.66. The Morgan fingerprint density at radius 1 is 1.27 bits per heavy atom. The van der Waals surface area contributed by atoms with Crippen LogP contribution in [0.2, 0.25) is 0 Å². The molecule has 1 atom stereocenters. The van der Waals surface area contributed by atoms with Crippen LogP contribution >= 0.6 is 0 Å². The highest BCUT2D eigenvalue weighted by Crippen LogP contribution is 2.13. The maximum absolute atomic E-state index is 12.1. The van der Waals surface area contributed by atoms with Gasteiger partial charge in [-0.15, -0.1) is 10.2 Å². The zero-order valence-electron chi connectivity index (χ0n) is 12.0. The number of carbonyl (C=O) groups excluding carboxylic acids is 1. The van der Waals surface area contributed by atoms with Crippen molar-refractivity contribution in [2.24, 2.45) is 0 Å². The predicted octanol–water partition coefficient (Wildman–Crippen LogP) is 1.81. The van der Waals surface area contributed by atoms with Gasteiger partial charge in [-0.05, 0) is 24.3 Å². The van der Waals surface area contributed by atoms with Crippen LogP contribution in [0.15, 0.2) is 53.1 Å². The van der Waals surface area contributed by atoms with Crippen molar-refractivity contribution < 1.29 is 9.21 Å².